The summed E-state index contributed by atoms with van der Waals surface area (Å²) in [5.74, 6) is -0.203. The molecule has 0 bridgehead atoms. The van der Waals surface area contributed by atoms with E-state index in [-0.39, 0.29) is 17.6 Å². The molecule has 0 saturated carbocycles. The van der Waals surface area contributed by atoms with Crippen molar-refractivity contribution in [2.45, 2.75) is 19.4 Å². The largest absolute Gasteiger partial charge is 0.352 e. The lowest BCUT2D eigenvalue weighted by molar-refractivity contribution is -0.125. The zero-order valence-electron chi connectivity index (χ0n) is 14.6. The first-order valence-electron chi connectivity index (χ1n) is 8.92. The van der Waals surface area contributed by atoms with Crippen LogP contribution in [-0.4, -0.2) is 24.0 Å². The van der Waals surface area contributed by atoms with Crippen LogP contribution in [0.5, 0.6) is 0 Å². The third kappa shape index (κ3) is 4.06. The van der Waals surface area contributed by atoms with Crippen molar-refractivity contribution in [3.8, 4) is 0 Å². The molecule has 0 atom stereocenters. The van der Waals surface area contributed by atoms with Crippen LogP contribution in [0, 0.1) is 11.7 Å². The second-order valence-electron chi connectivity index (χ2n) is 6.69. The highest BCUT2D eigenvalue weighted by Gasteiger charge is 2.26. The van der Waals surface area contributed by atoms with E-state index < -0.39 is 0 Å². The number of anilines is 1. The number of hydrogen-bond donors (Lipinski definition) is 1. The van der Waals surface area contributed by atoms with Crippen LogP contribution in [-0.2, 0) is 11.3 Å². The van der Waals surface area contributed by atoms with Gasteiger partial charge in [-0.05, 0) is 42.7 Å². The summed E-state index contributed by atoms with van der Waals surface area (Å²) in [7, 11) is 0. The minimum absolute atomic E-state index is 0.000310. The van der Waals surface area contributed by atoms with Crippen LogP contribution in [0.25, 0.3) is 10.2 Å². The second-order valence-corrected chi connectivity index (χ2v) is 8.13. The van der Waals surface area contributed by atoms with Crippen LogP contribution in [0.15, 0.2) is 42.5 Å². The molecular formula is C20H19ClFN3OS. The lowest BCUT2D eigenvalue weighted by Crippen LogP contribution is -2.40. The average Bonchev–Trinajstić information content (AvgIpc) is 3.13. The number of nitrogens with one attached hydrogen (secondary N) is 1. The molecule has 0 aliphatic carbocycles. The van der Waals surface area contributed by atoms with Gasteiger partial charge in [0.1, 0.15) is 11.3 Å². The normalized spacial score (nSPS) is 15.3. The Morgan fingerprint density at radius 1 is 1.22 bits per heavy atom. The molecule has 3 aromatic rings. The van der Waals surface area contributed by atoms with Gasteiger partial charge in [-0.15, -0.1) is 0 Å². The molecule has 140 valence electrons. The minimum Gasteiger partial charge on any atom is -0.352 e. The Kier molecular flexibility index (Phi) is 5.27. The first-order valence-corrected chi connectivity index (χ1v) is 10.1. The van der Waals surface area contributed by atoms with Gasteiger partial charge in [0.2, 0.25) is 5.91 Å². The molecule has 0 spiro atoms. The highest BCUT2D eigenvalue weighted by molar-refractivity contribution is 7.22. The molecule has 0 unspecified atom stereocenters. The van der Waals surface area contributed by atoms with E-state index in [1.165, 1.54) is 17.4 Å². The smallest absolute Gasteiger partial charge is 0.223 e. The minimum atomic E-state index is -0.286. The lowest BCUT2D eigenvalue weighted by atomic mass is 9.96. The number of aromatic nitrogens is 1. The number of piperidine rings is 1. The number of hydrogen-bond acceptors (Lipinski definition) is 4. The fraction of sp³-hybridized carbons (Fsp3) is 0.300. The van der Waals surface area contributed by atoms with Crippen LogP contribution in [0.2, 0.25) is 5.02 Å². The first-order chi connectivity index (χ1) is 13.1. The monoisotopic (exact) mass is 403 g/mol. The summed E-state index contributed by atoms with van der Waals surface area (Å²) in [6, 6.07) is 12.5. The van der Waals surface area contributed by atoms with Gasteiger partial charge in [0, 0.05) is 30.6 Å². The maximum absolute atomic E-state index is 13.8. The standard InChI is InChI=1S/C20H19ClFN3OS/c21-15-6-4-13(5-7-15)12-23-19(26)14-8-10-25(11-9-14)20-24-18-16(22)2-1-3-17(18)27-20/h1-7,14H,8-12H2,(H,23,26). The van der Waals surface area contributed by atoms with Gasteiger partial charge in [-0.25, -0.2) is 9.37 Å². The zero-order chi connectivity index (χ0) is 18.8. The summed E-state index contributed by atoms with van der Waals surface area (Å²) >= 11 is 7.38. The topological polar surface area (TPSA) is 45.2 Å². The highest BCUT2D eigenvalue weighted by Crippen LogP contribution is 2.32. The molecule has 4 nitrogen and oxygen atoms in total. The van der Waals surface area contributed by atoms with E-state index >= 15 is 0 Å². The molecule has 4 rings (SSSR count). The molecule has 1 saturated heterocycles. The van der Waals surface area contributed by atoms with Crippen molar-refractivity contribution in [2.24, 2.45) is 5.92 Å². The summed E-state index contributed by atoms with van der Waals surface area (Å²) < 4.78 is 14.7. The third-order valence-corrected chi connectivity index (χ3v) is 6.21. The SMILES string of the molecule is O=C(NCc1ccc(Cl)cc1)C1CCN(c2nc3c(F)cccc3s2)CC1. The Hall–Kier alpha value is -2.18. The zero-order valence-corrected chi connectivity index (χ0v) is 16.2. The highest BCUT2D eigenvalue weighted by atomic mass is 35.5. The van der Waals surface area contributed by atoms with Crippen molar-refractivity contribution in [3.05, 3.63) is 58.9 Å². The van der Waals surface area contributed by atoms with Gasteiger partial charge < -0.3 is 10.2 Å². The van der Waals surface area contributed by atoms with Gasteiger partial charge in [-0.1, -0.05) is 41.1 Å². The Balaban J connectivity index is 1.33. The van der Waals surface area contributed by atoms with Crippen molar-refractivity contribution >= 4 is 44.2 Å². The summed E-state index contributed by atoms with van der Waals surface area (Å²) in [6.45, 7) is 2.01. The maximum atomic E-state index is 13.8. The predicted molar refractivity (Wildman–Crippen MR) is 108 cm³/mol. The molecule has 27 heavy (non-hydrogen) atoms. The van der Waals surface area contributed by atoms with E-state index in [0.717, 1.165) is 41.3 Å². The summed E-state index contributed by atoms with van der Waals surface area (Å²) in [4.78, 5) is 19.0. The van der Waals surface area contributed by atoms with E-state index in [4.69, 9.17) is 11.6 Å². The fourth-order valence-corrected chi connectivity index (χ4v) is 4.46. The molecule has 1 amide bonds. The van der Waals surface area contributed by atoms with Gasteiger partial charge in [-0.3, -0.25) is 4.79 Å². The predicted octanol–water partition coefficient (Wildman–Crippen LogP) is 4.62. The Labute approximate surface area is 166 Å². The molecule has 7 heteroatoms. The summed E-state index contributed by atoms with van der Waals surface area (Å²) in [5.41, 5.74) is 1.46. The van der Waals surface area contributed by atoms with Crippen molar-refractivity contribution in [1.29, 1.82) is 0 Å². The van der Waals surface area contributed by atoms with E-state index in [1.54, 1.807) is 6.07 Å². The average molecular weight is 404 g/mol. The number of thiazole rings is 1. The number of fused-ring (bicyclic) bond motifs is 1. The maximum Gasteiger partial charge on any atom is 0.223 e. The van der Waals surface area contributed by atoms with Gasteiger partial charge in [0.05, 0.1) is 4.70 Å². The van der Waals surface area contributed by atoms with Gasteiger partial charge in [0.15, 0.2) is 5.13 Å². The number of nitrogens with zero attached hydrogens (tertiary/aromatic N) is 2. The van der Waals surface area contributed by atoms with Crippen LogP contribution in [0.4, 0.5) is 9.52 Å². The molecule has 1 aliphatic heterocycles. The van der Waals surface area contributed by atoms with Gasteiger partial charge in [-0.2, -0.15) is 0 Å². The number of carbonyl (C=O) groups excluding carboxylic acids is 1. The van der Waals surface area contributed by atoms with Crippen molar-refractivity contribution in [2.75, 3.05) is 18.0 Å². The fourth-order valence-electron chi connectivity index (χ4n) is 3.31. The first kappa shape index (κ1) is 18.2. The number of halogens is 2. The van der Waals surface area contributed by atoms with Crippen molar-refractivity contribution in [3.63, 3.8) is 0 Å². The summed E-state index contributed by atoms with van der Waals surface area (Å²) in [5, 5.41) is 4.52. The quantitative estimate of drug-likeness (QED) is 0.691. The van der Waals surface area contributed by atoms with Crippen LogP contribution >= 0.6 is 22.9 Å². The lowest BCUT2D eigenvalue weighted by Gasteiger charge is -2.31. The molecular weight excluding hydrogens is 385 g/mol. The molecule has 2 aromatic carbocycles. The van der Waals surface area contributed by atoms with E-state index in [0.29, 0.717) is 17.1 Å². The van der Waals surface area contributed by atoms with Gasteiger partial charge >= 0.3 is 0 Å². The molecule has 1 aromatic heterocycles. The number of carbonyl (C=O) groups is 1. The molecule has 1 N–H and O–H groups in total. The number of benzene rings is 2. The molecule has 0 radical (unpaired) electrons. The third-order valence-electron chi connectivity index (χ3n) is 4.87. The van der Waals surface area contributed by atoms with Crippen LogP contribution in [0.3, 0.4) is 0 Å². The number of para-hydroxylation sites is 1. The van der Waals surface area contributed by atoms with E-state index in [9.17, 15) is 9.18 Å². The Morgan fingerprint density at radius 2 is 1.96 bits per heavy atom. The molecule has 1 aliphatic rings. The van der Waals surface area contributed by atoms with E-state index in [1.807, 2.05) is 30.3 Å². The van der Waals surface area contributed by atoms with Gasteiger partial charge in [0.25, 0.3) is 0 Å². The van der Waals surface area contributed by atoms with Crippen LogP contribution < -0.4 is 10.2 Å². The van der Waals surface area contributed by atoms with Crippen LogP contribution in [0.1, 0.15) is 18.4 Å². The molecule has 1 fully saturated rings. The Morgan fingerprint density at radius 3 is 2.67 bits per heavy atom. The molecule has 2 heterocycles. The van der Waals surface area contributed by atoms with Crippen molar-refractivity contribution in [1.82, 2.24) is 10.3 Å². The number of amides is 1. The number of rotatable bonds is 4. The second kappa shape index (κ2) is 7.82. The summed E-state index contributed by atoms with van der Waals surface area (Å²) in [6.07, 6.45) is 1.54. The van der Waals surface area contributed by atoms with E-state index in [2.05, 4.69) is 15.2 Å². The Bertz CT molecular complexity index is 952. The van der Waals surface area contributed by atoms with Crippen molar-refractivity contribution < 1.29 is 9.18 Å².